The summed E-state index contributed by atoms with van der Waals surface area (Å²) >= 11 is 0. The normalized spacial score (nSPS) is 12.0. The molecule has 116 valence electrons. The third-order valence-corrected chi connectivity index (χ3v) is 3.98. The van der Waals surface area contributed by atoms with E-state index in [2.05, 4.69) is 4.98 Å². The van der Waals surface area contributed by atoms with E-state index in [1.54, 1.807) is 35.0 Å². The summed E-state index contributed by atoms with van der Waals surface area (Å²) in [7, 11) is 1.79. The molecule has 0 aliphatic carbocycles. The summed E-state index contributed by atoms with van der Waals surface area (Å²) in [5.41, 5.74) is 1.83. The van der Waals surface area contributed by atoms with E-state index in [1.807, 2.05) is 32.0 Å². The summed E-state index contributed by atoms with van der Waals surface area (Å²) in [6.07, 6.45) is 3.74. The van der Waals surface area contributed by atoms with Crippen molar-refractivity contribution < 1.29 is 4.79 Å². The zero-order chi connectivity index (χ0) is 16.1. The van der Waals surface area contributed by atoms with Gasteiger partial charge in [0.25, 0.3) is 5.56 Å². The molecule has 0 aliphatic rings. The van der Waals surface area contributed by atoms with E-state index in [1.165, 1.54) is 6.07 Å². The summed E-state index contributed by atoms with van der Waals surface area (Å²) in [5, 5.41) is 0. The van der Waals surface area contributed by atoms with Crippen LogP contribution in [0.15, 0.2) is 47.5 Å². The number of hydrogen-bond donors (Lipinski definition) is 0. The number of hydrogen-bond acceptors (Lipinski definition) is 3. The zero-order valence-corrected chi connectivity index (χ0v) is 13.2. The molecule has 0 bridgehead atoms. The molecule has 0 saturated heterocycles. The molecule has 1 atom stereocenters. The Morgan fingerprint density at radius 2 is 1.95 bits per heavy atom. The van der Waals surface area contributed by atoms with Crippen LogP contribution in [0, 0.1) is 6.92 Å². The number of aryl methyl sites for hydroxylation is 1. The first-order valence-electron chi connectivity index (χ1n) is 7.32. The third kappa shape index (κ3) is 3.61. The summed E-state index contributed by atoms with van der Waals surface area (Å²) in [6, 6.07) is 8.90. The van der Waals surface area contributed by atoms with Crippen LogP contribution >= 0.6 is 0 Å². The first-order valence-corrected chi connectivity index (χ1v) is 7.32. The van der Waals surface area contributed by atoms with Gasteiger partial charge in [-0.05, 0) is 37.6 Å². The second-order valence-corrected chi connectivity index (χ2v) is 5.37. The van der Waals surface area contributed by atoms with Crippen LogP contribution in [0.4, 0.5) is 0 Å². The van der Waals surface area contributed by atoms with E-state index < -0.39 is 0 Å². The molecule has 0 spiro atoms. The number of carbonyl (C=O) groups excluding carboxylic acids is 1. The summed E-state index contributed by atoms with van der Waals surface area (Å²) in [5.74, 6) is 0.0134. The highest BCUT2D eigenvalue weighted by molar-refractivity contribution is 5.76. The quantitative estimate of drug-likeness (QED) is 0.850. The van der Waals surface area contributed by atoms with Gasteiger partial charge in [0.1, 0.15) is 0 Å². The van der Waals surface area contributed by atoms with Gasteiger partial charge in [0, 0.05) is 44.2 Å². The fraction of sp³-hybridized carbons (Fsp3) is 0.353. The number of aromatic nitrogens is 2. The summed E-state index contributed by atoms with van der Waals surface area (Å²) in [6.45, 7) is 4.25. The number of carbonyl (C=O) groups is 1. The van der Waals surface area contributed by atoms with Crippen LogP contribution in [0.5, 0.6) is 0 Å². The highest BCUT2D eigenvalue weighted by Gasteiger charge is 2.17. The maximum Gasteiger partial charge on any atom is 0.250 e. The molecule has 0 fully saturated rings. The lowest BCUT2D eigenvalue weighted by Crippen LogP contribution is -2.31. The minimum Gasteiger partial charge on any atom is -0.339 e. The zero-order valence-electron chi connectivity index (χ0n) is 13.2. The Bertz CT molecular complexity index is 695. The van der Waals surface area contributed by atoms with Gasteiger partial charge < -0.3 is 9.47 Å². The standard InChI is InChI=1S/C17H21N3O2/c1-13-5-4-6-17(22)20(13)12-9-16(21)19(3)14(2)15-7-10-18-11-8-15/h4-8,10-11,14H,9,12H2,1-3H3. The average Bonchev–Trinajstić information content (AvgIpc) is 2.53. The molecule has 1 amide bonds. The van der Waals surface area contributed by atoms with E-state index >= 15 is 0 Å². The van der Waals surface area contributed by atoms with Crippen molar-refractivity contribution in [2.24, 2.45) is 0 Å². The highest BCUT2D eigenvalue weighted by Crippen LogP contribution is 2.18. The average molecular weight is 299 g/mol. The largest absolute Gasteiger partial charge is 0.339 e. The van der Waals surface area contributed by atoms with Crippen LogP contribution in [0.1, 0.15) is 30.6 Å². The number of nitrogens with zero attached hydrogens (tertiary/aromatic N) is 3. The van der Waals surface area contributed by atoms with E-state index in [4.69, 9.17) is 0 Å². The first kappa shape index (κ1) is 15.9. The number of amides is 1. The van der Waals surface area contributed by atoms with Crippen molar-refractivity contribution in [3.8, 4) is 0 Å². The van der Waals surface area contributed by atoms with E-state index in [0.717, 1.165) is 11.3 Å². The Kier molecular flexibility index (Phi) is 5.09. The lowest BCUT2D eigenvalue weighted by molar-refractivity contribution is -0.132. The van der Waals surface area contributed by atoms with E-state index in [0.29, 0.717) is 13.0 Å². The first-order chi connectivity index (χ1) is 10.5. The van der Waals surface area contributed by atoms with Gasteiger partial charge in [0.15, 0.2) is 0 Å². The van der Waals surface area contributed by atoms with Gasteiger partial charge in [-0.3, -0.25) is 14.6 Å². The molecular formula is C17H21N3O2. The molecular weight excluding hydrogens is 278 g/mol. The van der Waals surface area contributed by atoms with Gasteiger partial charge in [0.2, 0.25) is 5.91 Å². The van der Waals surface area contributed by atoms with Gasteiger partial charge in [-0.1, -0.05) is 6.07 Å². The maximum absolute atomic E-state index is 12.3. The van der Waals surface area contributed by atoms with Crippen molar-refractivity contribution in [2.45, 2.75) is 32.9 Å². The monoisotopic (exact) mass is 299 g/mol. The van der Waals surface area contributed by atoms with Crippen molar-refractivity contribution in [1.29, 1.82) is 0 Å². The molecule has 5 nitrogen and oxygen atoms in total. The predicted octanol–water partition coefficient (Wildman–Crippen LogP) is 2.16. The molecule has 0 aliphatic heterocycles. The number of pyridine rings is 2. The molecule has 0 N–H and O–H groups in total. The Balaban J connectivity index is 2.02. The Labute approximate surface area is 130 Å². The molecule has 22 heavy (non-hydrogen) atoms. The molecule has 5 heteroatoms. The Morgan fingerprint density at radius 1 is 1.27 bits per heavy atom. The van der Waals surface area contributed by atoms with Crippen LogP contribution in [0.2, 0.25) is 0 Å². The molecule has 0 aromatic carbocycles. The van der Waals surface area contributed by atoms with Gasteiger partial charge >= 0.3 is 0 Å². The molecule has 1 unspecified atom stereocenters. The van der Waals surface area contributed by atoms with Crippen molar-refractivity contribution in [1.82, 2.24) is 14.5 Å². The van der Waals surface area contributed by atoms with Crippen molar-refractivity contribution in [3.63, 3.8) is 0 Å². The van der Waals surface area contributed by atoms with Crippen LogP contribution in [0.3, 0.4) is 0 Å². The number of rotatable bonds is 5. The van der Waals surface area contributed by atoms with Crippen molar-refractivity contribution in [2.75, 3.05) is 7.05 Å². The van der Waals surface area contributed by atoms with Gasteiger partial charge in [0.05, 0.1) is 6.04 Å². The van der Waals surface area contributed by atoms with Crippen LogP contribution in [-0.4, -0.2) is 27.4 Å². The SMILES string of the molecule is Cc1cccc(=O)n1CCC(=O)N(C)C(C)c1ccncc1. The van der Waals surface area contributed by atoms with Crippen molar-refractivity contribution >= 4 is 5.91 Å². The topological polar surface area (TPSA) is 55.2 Å². The second-order valence-electron chi connectivity index (χ2n) is 5.37. The van der Waals surface area contributed by atoms with Crippen molar-refractivity contribution in [3.05, 3.63) is 64.3 Å². The predicted molar refractivity (Wildman–Crippen MR) is 85.5 cm³/mol. The molecule has 0 saturated carbocycles. The minimum atomic E-state index is -0.0716. The van der Waals surface area contributed by atoms with Crippen LogP contribution in [-0.2, 0) is 11.3 Å². The maximum atomic E-state index is 12.3. The molecule has 0 radical (unpaired) electrons. The highest BCUT2D eigenvalue weighted by atomic mass is 16.2. The van der Waals surface area contributed by atoms with Gasteiger partial charge in [-0.25, -0.2) is 0 Å². The van der Waals surface area contributed by atoms with Gasteiger partial charge in [-0.2, -0.15) is 0 Å². The molecule has 2 heterocycles. The molecule has 2 rings (SSSR count). The van der Waals surface area contributed by atoms with Crippen LogP contribution in [0.25, 0.3) is 0 Å². The minimum absolute atomic E-state index is 0.0134. The Hall–Kier alpha value is -2.43. The molecule has 2 aromatic heterocycles. The van der Waals surface area contributed by atoms with E-state index in [9.17, 15) is 9.59 Å². The Morgan fingerprint density at radius 3 is 2.59 bits per heavy atom. The third-order valence-electron chi connectivity index (χ3n) is 3.98. The lowest BCUT2D eigenvalue weighted by atomic mass is 10.1. The fourth-order valence-corrected chi connectivity index (χ4v) is 2.38. The molecule has 2 aromatic rings. The fourth-order valence-electron chi connectivity index (χ4n) is 2.38. The summed E-state index contributed by atoms with van der Waals surface area (Å²) in [4.78, 5) is 29.9. The van der Waals surface area contributed by atoms with Crippen LogP contribution < -0.4 is 5.56 Å². The van der Waals surface area contributed by atoms with Gasteiger partial charge in [-0.15, -0.1) is 0 Å². The lowest BCUT2D eigenvalue weighted by Gasteiger charge is -2.25. The smallest absolute Gasteiger partial charge is 0.250 e. The summed E-state index contributed by atoms with van der Waals surface area (Å²) < 4.78 is 1.63. The second kappa shape index (κ2) is 7.02. The van der Waals surface area contributed by atoms with E-state index in [-0.39, 0.29) is 17.5 Å².